The average Bonchev–Trinajstić information content (AvgIpc) is 3.30. The summed E-state index contributed by atoms with van der Waals surface area (Å²) in [5.74, 6) is -1.22. The van der Waals surface area contributed by atoms with Crippen molar-refractivity contribution in [3.8, 4) is 0 Å². The molecule has 0 aliphatic heterocycles. The molecule has 25 heavy (non-hydrogen) atoms. The minimum Gasteiger partial charge on any atom is -0.321 e. The number of hydrogen-bond donors (Lipinski definition) is 3. The molecule has 3 N–H and O–H groups in total. The third kappa shape index (κ3) is 4.74. The smallest absolute Gasteiger partial charge is 0.275 e. The van der Waals surface area contributed by atoms with E-state index in [0.29, 0.717) is 11.3 Å². The lowest BCUT2D eigenvalue weighted by molar-refractivity contribution is 0.102. The molecule has 0 aliphatic rings. The van der Waals surface area contributed by atoms with Crippen molar-refractivity contribution < 1.29 is 14.0 Å². The van der Waals surface area contributed by atoms with Crippen molar-refractivity contribution >= 4 is 34.5 Å². The maximum atomic E-state index is 12.9. The first-order valence-corrected chi connectivity index (χ1v) is 8.51. The van der Waals surface area contributed by atoms with Crippen molar-refractivity contribution in [2.45, 2.75) is 13.8 Å². The third-order valence-corrected chi connectivity index (χ3v) is 3.68. The first-order chi connectivity index (χ1) is 12.1. The zero-order valence-electron chi connectivity index (χ0n) is 13.7. The van der Waals surface area contributed by atoms with Gasteiger partial charge < -0.3 is 10.6 Å². The van der Waals surface area contributed by atoms with E-state index in [-0.39, 0.29) is 17.3 Å². The van der Waals surface area contributed by atoms with Crippen molar-refractivity contribution in [1.82, 2.24) is 10.2 Å². The van der Waals surface area contributed by atoms with Crippen LogP contribution in [0.4, 0.5) is 15.8 Å². The zero-order valence-corrected chi connectivity index (χ0v) is 14.5. The Morgan fingerprint density at radius 3 is 2.44 bits per heavy atom. The van der Waals surface area contributed by atoms with Gasteiger partial charge >= 0.3 is 0 Å². The highest BCUT2D eigenvalue weighted by atomic mass is 32.1. The molecule has 2 aromatic heterocycles. The normalized spacial score (nSPS) is 9.72. The summed E-state index contributed by atoms with van der Waals surface area (Å²) in [6.07, 6.45) is 1.35. The summed E-state index contributed by atoms with van der Waals surface area (Å²) in [6, 6.07) is 7.03. The Labute approximate surface area is 148 Å². The van der Waals surface area contributed by atoms with Gasteiger partial charge in [-0.15, -0.1) is 0 Å². The minimum atomic E-state index is -0.491. The van der Waals surface area contributed by atoms with Gasteiger partial charge in [0.05, 0.1) is 17.4 Å². The van der Waals surface area contributed by atoms with E-state index in [4.69, 9.17) is 0 Å². The fourth-order valence-corrected chi connectivity index (χ4v) is 2.50. The van der Waals surface area contributed by atoms with Gasteiger partial charge in [0.2, 0.25) is 0 Å². The standard InChI is InChI=1S/C15H11FN4O2S.C2H6/c16-10-1-3-11(4-2-10)18-15(22)13-12(7-17-20-13)19-14(21)9-5-6-23-8-9;1-2/h1-8H,(H,17,20)(H,18,22)(H,19,21);1-2H3. The van der Waals surface area contributed by atoms with E-state index in [0.717, 1.165) is 0 Å². The molecule has 130 valence electrons. The Balaban J connectivity index is 0.00000109. The third-order valence-electron chi connectivity index (χ3n) is 3.00. The molecule has 6 nitrogen and oxygen atoms in total. The Morgan fingerprint density at radius 1 is 1.08 bits per heavy atom. The van der Waals surface area contributed by atoms with Gasteiger partial charge in [-0.3, -0.25) is 14.7 Å². The van der Waals surface area contributed by atoms with Crippen LogP contribution in [-0.2, 0) is 0 Å². The molecule has 8 heteroatoms. The molecule has 0 spiro atoms. The van der Waals surface area contributed by atoms with Gasteiger partial charge in [0, 0.05) is 11.1 Å². The maximum Gasteiger partial charge on any atom is 0.275 e. The molecule has 0 unspecified atom stereocenters. The number of carbonyl (C=O) groups is 2. The Bertz CT molecular complexity index is 829. The number of anilines is 2. The number of nitrogens with zero attached hydrogens (tertiary/aromatic N) is 1. The van der Waals surface area contributed by atoms with Crippen LogP contribution < -0.4 is 10.6 Å². The summed E-state index contributed by atoms with van der Waals surface area (Å²) in [4.78, 5) is 24.2. The van der Waals surface area contributed by atoms with Crippen molar-refractivity contribution in [2.24, 2.45) is 0 Å². The molecule has 3 rings (SSSR count). The number of rotatable bonds is 4. The number of amides is 2. The van der Waals surface area contributed by atoms with E-state index in [1.807, 2.05) is 13.8 Å². The molecule has 0 bridgehead atoms. The molecule has 3 aromatic rings. The number of thiophene rings is 1. The van der Waals surface area contributed by atoms with Crippen LogP contribution in [-0.4, -0.2) is 22.0 Å². The van der Waals surface area contributed by atoms with Gasteiger partial charge in [0.1, 0.15) is 11.5 Å². The predicted octanol–water partition coefficient (Wildman–Crippen LogP) is 4.14. The van der Waals surface area contributed by atoms with E-state index < -0.39 is 11.7 Å². The number of H-pyrrole nitrogens is 1. The maximum absolute atomic E-state index is 12.9. The molecule has 0 saturated carbocycles. The van der Waals surface area contributed by atoms with E-state index in [9.17, 15) is 14.0 Å². The summed E-state index contributed by atoms with van der Waals surface area (Å²) in [5, 5.41) is 15.0. The van der Waals surface area contributed by atoms with Crippen molar-refractivity contribution in [3.63, 3.8) is 0 Å². The van der Waals surface area contributed by atoms with Crippen LogP contribution in [0, 0.1) is 5.82 Å². The van der Waals surface area contributed by atoms with Crippen LogP contribution in [0.25, 0.3) is 0 Å². The molecule has 0 aliphatic carbocycles. The van der Waals surface area contributed by atoms with Gasteiger partial charge in [-0.05, 0) is 35.7 Å². The van der Waals surface area contributed by atoms with Crippen LogP contribution in [0.2, 0.25) is 0 Å². The Hall–Kier alpha value is -3.00. The second-order valence-electron chi connectivity index (χ2n) is 4.59. The molecule has 0 atom stereocenters. The SMILES string of the molecule is CC.O=C(Nc1cn[nH]c1C(=O)Nc1ccc(F)cc1)c1ccsc1. The summed E-state index contributed by atoms with van der Waals surface area (Å²) >= 11 is 1.40. The summed E-state index contributed by atoms with van der Waals surface area (Å²) < 4.78 is 12.9. The van der Waals surface area contributed by atoms with Crippen LogP contribution >= 0.6 is 11.3 Å². The fraction of sp³-hybridized carbons (Fsp3) is 0.118. The molecule has 0 fully saturated rings. The predicted molar refractivity (Wildman–Crippen MR) is 96.6 cm³/mol. The first-order valence-electron chi connectivity index (χ1n) is 7.57. The molecule has 0 radical (unpaired) electrons. The monoisotopic (exact) mass is 360 g/mol. The highest BCUT2D eigenvalue weighted by Gasteiger charge is 2.17. The van der Waals surface area contributed by atoms with Gasteiger partial charge in [0.25, 0.3) is 11.8 Å². The Kier molecular flexibility index (Phi) is 6.41. The Morgan fingerprint density at radius 2 is 1.80 bits per heavy atom. The van der Waals surface area contributed by atoms with Gasteiger partial charge in [0.15, 0.2) is 0 Å². The van der Waals surface area contributed by atoms with Gasteiger partial charge in [-0.2, -0.15) is 16.4 Å². The van der Waals surface area contributed by atoms with Crippen LogP contribution in [0.1, 0.15) is 34.7 Å². The molecule has 1 aromatic carbocycles. The lowest BCUT2D eigenvalue weighted by atomic mass is 10.2. The lowest BCUT2D eigenvalue weighted by Crippen LogP contribution is -2.17. The topological polar surface area (TPSA) is 86.9 Å². The number of aromatic amines is 1. The number of hydrogen-bond acceptors (Lipinski definition) is 4. The minimum absolute atomic E-state index is 0.109. The number of halogens is 1. The highest BCUT2D eigenvalue weighted by Crippen LogP contribution is 2.17. The van der Waals surface area contributed by atoms with Crippen molar-refractivity contribution in [3.05, 3.63) is 64.4 Å². The summed E-state index contributed by atoms with van der Waals surface area (Å²) in [6.45, 7) is 4.00. The van der Waals surface area contributed by atoms with Gasteiger partial charge in [-0.1, -0.05) is 13.8 Å². The second kappa shape index (κ2) is 8.74. The highest BCUT2D eigenvalue weighted by molar-refractivity contribution is 7.08. The van der Waals surface area contributed by atoms with Crippen LogP contribution in [0.3, 0.4) is 0 Å². The zero-order chi connectivity index (χ0) is 18.2. The lowest BCUT2D eigenvalue weighted by Gasteiger charge is -2.06. The number of nitrogens with one attached hydrogen (secondary N) is 3. The molecule has 2 amide bonds. The van der Waals surface area contributed by atoms with Crippen molar-refractivity contribution in [2.75, 3.05) is 10.6 Å². The van der Waals surface area contributed by atoms with E-state index >= 15 is 0 Å². The largest absolute Gasteiger partial charge is 0.321 e. The number of aromatic nitrogens is 2. The van der Waals surface area contributed by atoms with E-state index in [1.165, 1.54) is 41.8 Å². The number of carbonyl (C=O) groups excluding carboxylic acids is 2. The molecule has 2 heterocycles. The average molecular weight is 360 g/mol. The van der Waals surface area contributed by atoms with Gasteiger partial charge in [-0.25, -0.2) is 4.39 Å². The first kappa shape index (κ1) is 18.3. The van der Waals surface area contributed by atoms with E-state index in [2.05, 4.69) is 20.8 Å². The summed E-state index contributed by atoms with van der Waals surface area (Å²) in [5.41, 5.74) is 1.31. The second-order valence-corrected chi connectivity index (χ2v) is 5.37. The fourth-order valence-electron chi connectivity index (χ4n) is 1.87. The number of benzene rings is 1. The van der Waals surface area contributed by atoms with Crippen molar-refractivity contribution in [1.29, 1.82) is 0 Å². The van der Waals surface area contributed by atoms with Crippen LogP contribution in [0.15, 0.2) is 47.3 Å². The molecular weight excluding hydrogens is 343 g/mol. The molecular formula is C17H17FN4O2S. The molecule has 0 saturated heterocycles. The summed E-state index contributed by atoms with van der Waals surface area (Å²) in [7, 11) is 0. The van der Waals surface area contributed by atoms with Crippen LogP contribution in [0.5, 0.6) is 0 Å². The quantitative estimate of drug-likeness (QED) is 0.653. The van der Waals surface area contributed by atoms with E-state index in [1.54, 1.807) is 16.8 Å².